The predicted molar refractivity (Wildman–Crippen MR) is 122 cm³/mol. The maximum atomic E-state index is 13.3. The number of nitrogens with one attached hydrogen (secondary N) is 2. The van der Waals surface area contributed by atoms with Crippen molar-refractivity contribution in [1.29, 1.82) is 0 Å². The maximum absolute atomic E-state index is 13.3. The number of carbonyl (C=O) groups excluding carboxylic acids is 1. The minimum Gasteiger partial charge on any atom is -0.361 e. The van der Waals surface area contributed by atoms with E-state index in [0.717, 1.165) is 37.0 Å². The van der Waals surface area contributed by atoms with E-state index in [2.05, 4.69) is 30.9 Å². The minimum atomic E-state index is -1.34. The Morgan fingerprint density at radius 3 is 2.79 bits per heavy atom. The molecule has 0 spiro atoms. The number of aromatic nitrogens is 1. The van der Waals surface area contributed by atoms with Gasteiger partial charge in [-0.2, -0.15) is 0 Å². The molecule has 0 radical (unpaired) electrons. The Bertz CT molecular complexity index is 1190. The zero-order valence-electron chi connectivity index (χ0n) is 18.2. The number of amides is 1. The molecule has 1 amide bonds. The van der Waals surface area contributed by atoms with Crippen LogP contribution in [-0.2, 0) is 5.66 Å². The number of fused-ring (bicyclic) bond motifs is 1. The van der Waals surface area contributed by atoms with Crippen molar-refractivity contribution in [3.63, 3.8) is 0 Å². The zero-order chi connectivity index (χ0) is 23.2. The molecule has 0 aromatic carbocycles. The van der Waals surface area contributed by atoms with Crippen molar-refractivity contribution in [3.8, 4) is 0 Å². The third kappa shape index (κ3) is 3.50. The molecule has 1 saturated carbocycles. The fourth-order valence-corrected chi connectivity index (χ4v) is 5.50. The summed E-state index contributed by atoms with van der Waals surface area (Å²) in [4.78, 5) is 33.3. The highest BCUT2D eigenvalue weighted by molar-refractivity contribution is 7.17. The van der Waals surface area contributed by atoms with Crippen LogP contribution in [0.4, 0.5) is 5.00 Å². The molecular weight excluding hydrogens is 446 g/mol. The van der Waals surface area contributed by atoms with E-state index in [9.17, 15) is 14.9 Å². The standard InChI is InChI=1S/C21H23N7O4S/c1-12-18(13(2)32-26-12)21(25-20(29)16-8-9-17(33-16)28(30)31)15-10-24-27(19(15)22-11-23-21)14-6-4-3-5-7-14/h8-11,14,24H,3-7H2,1-2H3,(H,25,29). The summed E-state index contributed by atoms with van der Waals surface area (Å²) in [5.41, 5.74) is 3.86. The van der Waals surface area contributed by atoms with Crippen molar-refractivity contribution in [3.05, 3.63) is 55.9 Å². The highest BCUT2D eigenvalue weighted by Crippen LogP contribution is 2.41. The second kappa shape index (κ2) is 8.10. The van der Waals surface area contributed by atoms with Gasteiger partial charge in [-0.15, -0.1) is 0 Å². The molecule has 1 aliphatic carbocycles. The molecule has 11 nitrogen and oxygen atoms in total. The molecule has 33 heavy (non-hydrogen) atoms. The van der Waals surface area contributed by atoms with Crippen LogP contribution < -0.4 is 10.7 Å². The van der Waals surface area contributed by atoms with Gasteiger partial charge in [0.25, 0.3) is 5.91 Å². The van der Waals surface area contributed by atoms with E-state index in [4.69, 9.17) is 4.52 Å². The summed E-state index contributed by atoms with van der Waals surface area (Å²) in [5.74, 6) is 0.721. The first kappa shape index (κ1) is 21.3. The summed E-state index contributed by atoms with van der Waals surface area (Å²) in [6.45, 7) is 3.56. The average Bonchev–Trinajstić information content (AvgIpc) is 3.53. The quantitative estimate of drug-likeness (QED) is 0.506. The normalized spacial score (nSPS) is 22.4. The number of aryl methyl sites for hydroxylation is 2. The van der Waals surface area contributed by atoms with Gasteiger partial charge in [0, 0.05) is 12.3 Å². The molecule has 1 fully saturated rings. The first-order valence-electron chi connectivity index (χ1n) is 10.8. The van der Waals surface area contributed by atoms with E-state index in [1.807, 2.05) is 6.20 Å². The molecular formula is C21H23N7O4S. The van der Waals surface area contributed by atoms with E-state index in [-0.39, 0.29) is 15.9 Å². The first-order valence-corrected chi connectivity index (χ1v) is 11.6. The van der Waals surface area contributed by atoms with Crippen LogP contribution in [0.1, 0.15) is 58.8 Å². The van der Waals surface area contributed by atoms with Gasteiger partial charge in [0.2, 0.25) is 0 Å². The molecule has 2 aromatic rings. The Morgan fingerprint density at radius 2 is 2.12 bits per heavy atom. The molecule has 1 unspecified atom stereocenters. The van der Waals surface area contributed by atoms with Crippen molar-refractivity contribution in [2.45, 2.75) is 57.7 Å². The number of nitrogens with zero attached hydrogens (tertiary/aromatic N) is 5. The lowest BCUT2D eigenvalue weighted by molar-refractivity contribution is -0.380. The molecule has 0 saturated heterocycles. The van der Waals surface area contributed by atoms with Crippen molar-refractivity contribution in [2.24, 2.45) is 9.98 Å². The fraction of sp³-hybridized carbons (Fsp3) is 0.429. The van der Waals surface area contributed by atoms with Crippen molar-refractivity contribution >= 4 is 34.4 Å². The van der Waals surface area contributed by atoms with Gasteiger partial charge in [-0.25, -0.2) is 9.98 Å². The summed E-state index contributed by atoms with van der Waals surface area (Å²) in [6, 6.07) is 3.05. The molecule has 2 aromatic heterocycles. The topological polar surface area (TPSA) is 138 Å². The van der Waals surface area contributed by atoms with Crippen molar-refractivity contribution in [1.82, 2.24) is 20.9 Å². The molecule has 2 N–H and O–H groups in total. The number of hydrogen-bond donors (Lipinski definition) is 2. The maximum Gasteiger partial charge on any atom is 0.324 e. The summed E-state index contributed by atoms with van der Waals surface area (Å²) in [5, 5.41) is 20.1. The number of nitro groups is 1. The first-order chi connectivity index (χ1) is 15.9. The van der Waals surface area contributed by atoms with Gasteiger partial charge < -0.3 is 15.3 Å². The third-order valence-electron chi connectivity index (χ3n) is 6.26. The number of hydrazine groups is 1. The second-order valence-corrected chi connectivity index (χ2v) is 9.37. The van der Waals surface area contributed by atoms with E-state index in [1.165, 1.54) is 24.9 Å². The molecule has 3 aliphatic rings. The minimum absolute atomic E-state index is 0.105. The number of thiophene rings is 1. The van der Waals surface area contributed by atoms with E-state index in [1.54, 1.807) is 13.8 Å². The van der Waals surface area contributed by atoms with Crippen LogP contribution in [-0.4, -0.2) is 39.2 Å². The summed E-state index contributed by atoms with van der Waals surface area (Å²) >= 11 is 0.813. The SMILES string of the molecule is Cc1noc(C)c1C1(NC(=O)c2ccc([N+](=O)[O-])s2)N=CN=C2C1=CNN2C1CCCCC1. The molecule has 0 bridgehead atoms. The molecule has 12 heteroatoms. The van der Waals surface area contributed by atoms with Crippen LogP contribution in [0.2, 0.25) is 0 Å². The van der Waals surface area contributed by atoms with E-state index >= 15 is 0 Å². The smallest absolute Gasteiger partial charge is 0.324 e. The Labute approximate surface area is 193 Å². The number of rotatable bonds is 5. The third-order valence-corrected chi connectivity index (χ3v) is 7.30. The molecule has 172 valence electrons. The van der Waals surface area contributed by atoms with Gasteiger partial charge in [0.1, 0.15) is 12.1 Å². The van der Waals surface area contributed by atoms with Crippen LogP contribution in [0.15, 0.2) is 38.4 Å². The van der Waals surface area contributed by atoms with Crippen molar-refractivity contribution in [2.75, 3.05) is 0 Å². The van der Waals surface area contributed by atoms with Gasteiger partial charge in [-0.1, -0.05) is 35.8 Å². The average molecular weight is 470 g/mol. The van der Waals surface area contributed by atoms with Gasteiger partial charge >= 0.3 is 5.00 Å². The van der Waals surface area contributed by atoms with Crippen LogP contribution in [0.5, 0.6) is 0 Å². The molecule has 2 aliphatic heterocycles. The Hall–Kier alpha value is -3.54. The lowest BCUT2D eigenvalue weighted by Gasteiger charge is -2.37. The lowest BCUT2D eigenvalue weighted by atomic mass is 9.88. The van der Waals surface area contributed by atoms with Gasteiger partial charge in [0.15, 0.2) is 11.5 Å². The van der Waals surface area contributed by atoms with Crippen LogP contribution >= 0.6 is 11.3 Å². The lowest BCUT2D eigenvalue weighted by Crippen LogP contribution is -2.52. The van der Waals surface area contributed by atoms with Gasteiger partial charge in [-0.05, 0) is 32.8 Å². The number of amidine groups is 1. The largest absolute Gasteiger partial charge is 0.361 e. The number of aliphatic imine (C=N–C) groups is 2. The van der Waals surface area contributed by atoms with Crippen LogP contribution in [0.3, 0.4) is 0 Å². The van der Waals surface area contributed by atoms with E-state index < -0.39 is 16.5 Å². The van der Waals surface area contributed by atoms with Crippen LogP contribution in [0, 0.1) is 24.0 Å². The molecule has 5 rings (SSSR count). The number of hydrogen-bond acceptors (Lipinski definition) is 10. The summed E-state index contributed by atoms with van der Waals surface area (Å²) in [7, 11) is 0. The predicted octanol–water partition coefficient (Wildman–Crippen LogP) is 3.32. The van der Waals surface area contributed by atoms with Crippen LogP contribution in [0.25, 0.3) is 0 Å². The molecule has 1 atom stereocenters. The highest BCUT2D eigenvalue weighted by atomic mass is 32.1. The van der Waals surface area contributed by atoms with Crippen molar-refractivity contribution < 1.29 is 14.2 Å². The Kier molecular flexibility index (Phi) is 5.23. The fourth-order valence-electron chi connectivity index (χ4n) is 4.78. The number of carbonyl (C=O) groups is 1. The highest BCUT2D eigenvalue weighted by Gasteiger charge is 2.49. The molecule has 4 heterocycles. The zero-order valence-corrected chi connectivity index (χ0v) is 19.0. The van der Waals surface area contributed by atoms with E-state index in [0.29, 0.717) is 28.4 Å². The Morgan fingerprint density at radius 1 is 1.33 bits per heavy atom. The summed E-state index contributed by atoms with van der Waals surface area (Å²) < 4.78 is 5.43. The Balaban J connectivity index is 1.55. The monoisotopic (exact) mass is 469 g/mol. The summed E-state index contributed by atoms with van der Waals surface area (Å²) in [6.07, 6.45) is 8.89. The van der Waals surface area contributed by atoms with Gasteiger partial charge in [0.05, 0.1) is 32.7 Å². The van der Waals surface area contributed by atoms with Gasteiger partial charge in [-0.3, -0.25) is 19.9 Å². The second-order valence-electron chi connectivity index (χ2n) is 8.30.